The Kier molecular flexibility index (Phi) is 7.26. The maximum absolute atomic E-state index is 12.7. The molecule has 1 aliphatic carbocycles. The lowest BCUT2D eigenvalue weighted by atomic mass is 9.79. The minimum absolute atomic E-state index is 0.0402. The van der Waals surface area contributed by atoms with Crippen LogP contribution in [-0.2, 0) is 9.53 Å². The predicted octanol–water partition coefficient (Wildman–Crippen LogP) is 3.55. The number of carbonyl (C=O) groups excluding carboxylic acids is 1. The van der Waals surface area contributed by atoms with Gasteiger partial charge in [0.2, 0.25) is 0 Å². The van der Waals surface area contributed by atoms with Crippen LogP contribution in [0.25, 0.3) is 0 Å². The molecule has 140 valence electrons. The molecule has 1 saturated carbocycles. The van der Waals surface area contributed by atoms with E-state index in [1.165, 1.54) is 0 Å². The maximum atomic E-state index is 12.7. The summed E-state index contributed by atoms with van der Waals surface area (Å²) in [5.41, 5.74) is 0.0918. The van der Waals surface area contributed by atoms with Gasteiger partial charge >= 0.3 is 0 Å². The summed E-state index contributed by atoms with van der Waals surface area (Å²) in [6.45, 7) is 3.93. The van der Waals surface area contributed by atoms with Crippen LogP contribution in [0, 0.1) is 5.92 Å². The lowest BCUT2D eigenvalue weighted by Crippen LogP contribution is -2.47. The van der Waals surface area contributed by atoms with Crippen LogP contribution in [-0.4, -0.2) is 50.8 Å². The third-order valence-corrected chi connectivity index (χ3v) is 5.02. The second-order valence-electron chi connectivity index (χ2n) is 7.36. The van der Waals surface area contributed by atoms with Crippen LogP contribution >= 0.6 is 0 Å². The molecule has 1 fully saturated rings. The topological polar surface area (TPSA) is 50.8 Å². The molecule has 0 radical (unpaired) electrons. The van der Waals surface area contributed by atoms with Crippen molar-refractivity contribution in [3.63, 3.8) is 0 Å². The van der Waals surface area contributed by atoms with Crippen LogP contribution < -0.4 is 10.1 Å². The molecule has 0 spiro atoms. The fourth-order valence-corrected chi connectivity index (χ4v) is 3.20. The Morgan fingerprint density at radius 3 is 2.44 bits per heavy atom. The maximum Gasteiger partial charge on any atom is 0.256 e. The first-order valence-electron chi connectivity index (χ1n) is 9.19. The van der Waals surface area contributed by atoms with Gasteiger partial charge in [-0.1, -0.05) is 6.92 Å². The van der Waals surface area contributed by atoms with Gasteiger partial charge < -0.3 is 19.7 Å². The highest BCUT2D eigenvalue weighted by atomic mass is 16.5. The molecule has 0 unspecified atom stereocenters. The fourth-order valence-electron chi connectivity index (χ4n) is 3.20. The fraction of sp³-hybridized carbons (Fsp3) is 0.650. The van der Waals surface area contributed by atoms with Crippen molar-refractivity contribution in [3.8, 4) is 5.75 Å². The summed E-state index contributed by atoms with van der Waals surface area (Å²) in [5, 5.41) is 3.00. The van der Waals surface area contributed by atoms with Gasteiger partial charge in [-0.05, 0) is 76.4 Å². The summed E-state index contributed by atoms with van der Waals surface area (Å²) < 4.78 is 11.4. The lowest BCUT2D eigenvalue weighted by molar-refractivity contribution is -0.142. The van der Waals surface area contributed by atoms with Gasteiger partial charge in [-0.15, -0.1) is 0 Å². The van der Waals surface area contributed by atoms with Crippen LogP contribution in [0.3, 0.4) is 0 Å². The van der Waals surface area contributed by atoms with Gasteiger partial charge in [-0.25, -0.2) is 0 Å². The van der Waals surface area contributed by atoms with E-state index < -0.39 is 5.60 Å². The molecule has 1 N–H and O–H groups in total. The van der Waals surface area contributed by atoms with Crippen LogP contribution in [0.4, 0.5) is 5.69 Å². The second kappa shape index (κ2) is 9.20. The van der Waals surface area contributed by atoms with Crippen LogP contribution in [0.15, 0.2) is 24.3 Å². The molecule has 1 aromatic rings. The summed E-state index contributed by atoms with van der Waals surface area (Å²) in [7, 11) is 5.74. The Morgan fingerprint density at radius 1 is 1.24 bits per heavy atom. The molecule has 1 aromatic carbocycles. The normalized spacial score (nSPS) is 23.5. The molecule has 2 rings (SSSR count). The highest BCUT2D eigenvalue weighted by molar-refractivity contribution is 5.97. The number of nitrogens with one attached hydrogen (secondary N) is 1. The number of ether oxygens (including phenoxy) is 2. The Hall–Kier alpha value is -1.59. The summed E-state index contributed by atoms with van der Waals surface area (Å²) in [5.74, 6) is 1.45. The average molecular weight is 348 g/mol. The highest BCUT2D eigenvalue weighted by Crippen LogP contribution is 2.35. The minimum Gasteiger partial charge on any atom is -0.494 e. The van der Waals surface area contributed by atoms with E-state index in [9.17, 15) is 4.79 Å². The molecule has 1 amide bonds. The zero-order chi connectivity index (χ0) is 18.3. The molecule has 0 saturated heterocycles. The molecule has 0 aliphatic heterocycles. The number of hydrogen-bond acceptors (Lipinski definition) is 4. The van der Waals surface area contributed by atoms with Crippen LogP contribution in [0.5, 0.6) is 5.75 Å². The molecule has 0 heterocycles. The number of amides is 1. The number of anilines is 1. The Balaban J connectivity index is 1.86. The van der Waals surface area contributed by atoms with Crippen molar-refractivity contribution in [3.05, 3.63) is 24.3 Å². The van der Waals surface area contributed by atoms with E-state index in [0.29, 0.717) is 12.5 Å². The van der Waals surface area contributed by atoms with Crippen molar-refractivity contribution < 1.29 is 14.3 Å². The van der Waals surface area contributed by atoms with Crippen molar-refractivity contribution in [2.45, 2.75) is 44.6 Å². The zero-order valence-electron chi connectivity index (χ0n) is 16.0. The predicted molar refractivity (Wildman–Crippen MR) is 101 cm³/mol. The molecule has 5 heteroatoms. The second-order valence-corrected chi connectivity index (χ2v) is 7.36. The number of methoxy groups -OCH3 is 1. The molecular weight excluding hydrogens is 316 g/mol. The first-order chi connectivity index (χ1) is 11.9. The molecule has 5 nitrogen and oxygen atoms in total. The largest absolute Gasteiger partial charge is 0.494 e. The highest BCUT2D eigenvalue weighted by Gasteiger charge is 2.41. The summed E-state index contributed by atoms with van der Waals surface area (Å²) in [6, 6.07) is 7.56. The van der Waals surface area contributed by atoms with E-state index in [0.717, 1.165) is 50.1 Å². The van der Waals surface area contributed by atoms with Gasteiger partial charge in [-0.2, -0.15) is 0 Å². The first-order valence-corrected chi connectivity index (χ1v) is 9.19. The minimum atomic E-state index is -0.687. The van der Waals surface area contributed by atoms with Gasteiger partial charge in [-0.3, -0.25) is 4.79 Å². The number of carbonyl (C=O) groups is 1. The van der Waals surface area contributed by atoms with Gasteiger partial charge in [0, 0.05) is 19.3 Å². The number of benzene rings is 1. The molecule has 25 heavy (non-hydrogen) atoms. The Labute approximate surface area is 151 Å². The third-order valence-electron chi connectivity index (χ3n) is 5.02. The van der Waals surface area contributed by atoms with E-state index in [4.69, 9.17) is 9.47 Å². The standard InChI is InChI=1S/C20H32N2O3/c1-16-10-12-20(24-4,13-11-16)19(23)21-17-6-8-18(9-7-17)25-15-5-14-22(2)3/h6-9,16H,5,10-15H2,1-4H3,(H,21,23). The van der Waals surface area contributed by atoms with Crippen molar-refractivity contribution in [1.82, 2.24) is 4.90 Å². The number of rotatable bonds is 8. The molecule has 0 atom stereocenters. The van der Waals surface area contributed by atoms with Gasteiger partial charge in [0.05, 0.1) is 6.61 Å². The van der Waals surface area contributed by atoms with Crippen LogP contribution in [0.1, 0.15) is 39.0 Å². The van der Waals surface area contributed by atoms with Crippen molar-refractivity contribution >= 4 is 11.6 Å². The zero-order valence-corrected chi connectivity index (χ0v) is 16.0. The smallest absolute Gasteiger partial charge is 0.256 e. The Morgan fingerprint density at radius 2 is 1.88 bits per heavy atom. The van der Waals surface area contributed by atoms with E-state index in [1.54, 1.807) is 7.11 Å². The number of nitrogens with zero attached hydrogens (tertiary/aromatic N) is 1. The van der Waals surface area contributed by atoms with Gasteiger partial charge in [0.25, 0.3) is 5.91 Å². The van der Waals surface area contributed by atoms with E-state index in [-0.39, 0.29) is 5.91 Å². The molecule has 1 aliphatic rings. The monoisotopic (exact) mass is 348 g/mol. The lowest BCUT2D eigenvalue weighted by Gasteiger charge is -2.36. The summed E-state index contributed by atoms with van der Waals surface area (Å²) in [6.07, 6.45) is 4.61. The summed E-state index contributed by atoms with van der Waals surface area (Å²) in [4.78, 5) is 14.9. The quantitative estimate of drug-likeness (QED) is 0.730. The third kappa shape index (κ3) is 5.72. The van der Waals surface area contributed by atoms with Crippen molar-refractivity contribution in [2.24, 2.45) is 5.92 Å². The van der Waals surface area contributed by atoms with Gasteiger partial charge in [0.15, 0.2) is 0 Å². The van der Waals surface area contributed by atoms with Crippen molar-refractivity contribution in [2.75, 3.05) is 39.7 Å². The SMILES string of the molecule is COC1(C(=O)Nc2ccc(OCCCN(C)C)cc2)CCC(C)CC1. The molecular formula is C20H32N2O3. The van der Waals surface area contributed by atoms with E-state index >= 15 is 0 Å². The van der Waals surface area contributed by atoms with Crippen LogP contribution in [0.2, 0.25) is 0 Å². The van der Waals surface area contributed by atoms with Gasteiger partial charge in [0.1, 0.15) is 11.4 Å². The number of hydrogen-bond donors (Lipinski definition) is 1. The van der Waals surface area contributed by atoms with E-state index in [2.05, 4.69) is 31.2 Å². The first kappa shape index (κ1) is 19.7. The van der Waals surface area contributed by atoms with E-state index in [1.807, 2.05) is 24.3 Å². The Bertz CT molecular complexity index is 534. The average Bonchev–Trinajstić information content (AvgIpc) is 2.61. The van der Waals surface area contributed by atoms with Crippen molar-refractivity contribution in [1.29, 1.82) is 0 Å². The molecule has 0 bridgehead atoms. The summed E-state index contributed by atoms with van der Waals surface area (Å²) >= 11 is 0. The molecule has 0 aromatic heterocycles.